The van der Waals surface area contributed by atoms with Gasteiger partial charge in [0.05, 0.1) is 11.9 Å². The number of hydrogen-bond donors (Lipinski definition) is 0. The first kappa shape index (κ1) is 12.9. The molecule has 0 fully saturated rings. The number of rotatable bonds is 5. The minimum Gasteiger partial charge on any atom is -0.254 e. The molecule has 0 saturated carbocycles. The summed E-state index contributed by atoms with van der Waals surface area (Å²) in [5, 5.41) is 4.29. The van der Waals surface area contributed by atoms with Crippen molar-refractivity contribution in [3.63, 3.8) is 0 Å². The van der Waals surface area contributed by atoms with Crippen molar-refractivity contribution in [2.45, 2.75) is 25.7 Å². The molecule has 93 valence electrons. The zero-order chi connectivity index (χ0) is 13.5. The van der Waals surface area contributed by atoms with E-state index < -0.39 is 0 Å². The van der Waals surface area contributed by atoms with E-state index in [4.69, 9.17) is 12.8 Å². The van der Waals surface area contributed by atoms with Gasteiger partial charge in [-0.2, -0.15) is 5.10 Å². The molecule has 3 nitrogen and oxygen atoms in total. The lowest BCUT2D eigenvalue weighted by atomic mass is 10.0. The fourth-order valence-electron chi connectivity index (χ4n) is 1.94. The molecule has 0 aromatic carbocycles. The minimum atomic E-state index is 0.658. The molecule has 0 aliphatic rings. The van der Waals surface area contributed by atoms with Crippen LogP contribution in [0.3, 0.4) is 0 Å². The average Bonchev–Trinajstić information content (AvgIpc) is 2.96. The molecule has 0 spiro atoms. The third-order valence-electron chi connectivity index (χ3n) is 2.80. The molecule has 0 atom stereocenters. The summed E-state index contributed by atoms with van der Waals surface area (Å²) in [6, 6.07) is 1.89. The second-order valence-corrected chi connectivity index (χ2v) is 4.08. The first-order valence-electron chi connectivity index (χ1n) is 6.12. The second-order valence-electron chi connectivity index (χ2n) is 4.08. The Morgan fingerprint density at radius 2 is 2.00 bits per heavy atom. The van der Waals surface area contributed by atoms with Gasteiger partial charge in [0.25, 0.3) is 0 Å². The van der Waals surface area contributed by atoms with E-state index in [9.17, 15) is 0 Å². The summed E-state index contributed by atoms with van der Waals surface area (Å²) in [6.07, 6.45) is 22.0. The number of terminal acetylenes is 2. The lowest BCUT2D eigenvalue weighted by Crippen LogP contribution is -2.06. The van der Waals surface area contributed by atoms with E-state index in [0.717, 1.165) is 29.7 Å². The standard InChI is InChI=1S/C16H14N3/c1-3-5-8-14-12-17-13-15(9-6-4-2)16(14)19-11-7-10-18-19/h1-2,7,10-12H,5-6,8-9H2. The largest absolute Gasteiger partial charge is 0.254 e. The fourth-order valence-corrected chi connectivity index (χ4v) is 1.94. The summed E-state index contributed by atoms with van der Waals surface area (Å²) in [4.78, 5) is 4.16. The summed E-state index contributed by atoms with van der Waals surface area (Å²) in [5.74, 6) is 5.29. The number of hydrogen-bond acceptors (Lipinski definition) is 2. The number of aromatic nitrogens is 3. The van der Waals surface area contributed by atoms with Gasteiger partial charge in [-0.05, 0) is 24.5 Å². The Morgan fingerprint density at radius 3 is 2.68 bits per heavy atom. The molecular formula is C16H14N3. The van der Waals surface area contributed by atoms with Crippen molar-refractivity contribution < 1.29 is 0 Å². The predicted octanol–water partition coefficient (Wildman–Crippen LogP) is 2.20. The smallest absolute Gasteiger partial charge is 0.0943 e. The van der Waals surface area contributed by atoms with Gasteiger partial charge < -0.3 is 0 Å². The van der Waals surface area contributed by atoms with Crippen molar-refractivity contribution in [1.82, 2.24) is 14.8 Å². The maximum absolute atomic E-state index is 5.34. The van der Waals surface area contributed by atoms with Gasteiger partial charge in [0, 0.05) is 37.0 Å². The van der Waals surface area contributed by atoms with Gasteiger partial charge in [0.2, 0.25) is 0 Å². The summed E-state index contributed by atoms with van der Waals surface area (Å²) < 4.78 is 1.83. The molecule has 2 aromatic rings. The van der Waals surface area contributed by atoms with Crippen LogP contribution in [0.15, 0.2) is 24.7 Å². The molecule has 0 aliphatic carbocycles. The topological polar surface area (TPSA) is 30.7 Å². The van der Waals surface area contributed by atoms with Crippen molar-refractivity contribution in [3.05, 3.63) is 42.0 Å². The highest BCUT2D eigenvalue weighted by Crippen LogP contribution is 2.20. The van der Waals surface area contributed by atoms with Crippen molar-refractivity contribution in [1.29, 1.82) is 0 Å². The predicted molar refractivity (Wildman–Crippen MR) is 74.5 cm³/mol. The Labute approximate surface area is 113 Å². The molecule has 0 saturated heterocycles. The number of pyridine rings is 1. The van der Waals surface area contributed by atoms with Gasteiger partial charge in [-0.15, -0.1) is 24.7 Å². The van der Waals surface area contributed by atoms with Gasteiger partial charge in [-0.3, -0.25) is 4.98 Å². The molecule has 0 aliphatic heterocycles. The van der Waals surface area contributed by atoms with Crippen LogP contribution < -0.4 is 0 Å². The maximum Gasteiger partial charge on any atom is 0.0943 e. The van der Waals surface area contributed by atoms with E-state index in [1.165, 1.54) is 0 Å². The fraction of sp³-hybridized carbons (Fsp3) is 0.250. The van der Waals surface area contributed by atoms with E-state index in [2.05, 4.69) is 28.1 Å². The highest BCUT2D eigenvalue weighted by molar-refractivity contribution is 5.45. The lowest BCUT2D eigenvalue weighted by molar-refractivity contribution is 0.823. The Balaban J connectivity index is 2.44. The van der Waals surface area contributed by atoms with Crippen LogP contribution in [-0.2, 0) is 12.8 Å². The van der Waals surface area contributed by atoms with Crippen LogP contribution >= 0.6 is 0 Å². The normalized spacial score (nSPS) is 9.79. The molecule has 0 bridgehead atoms. The van der Waals surface area contributed by atoms with E-state index in [0.29, 0.717) is 12.8 Å². The van der Waals surface area contributed by atoms with Crippen LogP contribution in [-0.4, -0.2) is 14.8 Å². The van der Waals surface area contributed by atoms with Crippen molar-refractivity contribution >= 4 is 0 Å². The monoisotopic (exact) mass is 248 g/mol. The molecule has 0 amide bonds. The molecule has 2 aromatic heterocycles. The van der Waals surface area contributed by atoms with Crippen LogP contribution in [0.5, 0.6) is 0 Å². The summed E-state index contributed by atoms with van der Waals surface area (Å²) >= 11 is 0. The zero-order valence-corrected chi connectivity index (χ0v) is 10.6. The molecule has 0 N–H and O–H groups in total. The average molecular weight is 248 g/mol. The van der Waals surface area contributed by atoms with Crippen LogP contribution in [0, 0.1) is 30.9 Å². The minimum absolute atomic E-state index is 0.658. The molecule has 3 heteroatoms. The first-order chi connectivity index (χ1) is 9.36. The second kappa shape index (κ2) is 6.42. The molecule has 19 heavy (non-hydrogen) atoms. The highest BCUT2D eigenvalue weighted by atomic mass is 15.3. The van der Waals surface area contributed by atoms with Crippen molar-refractivity contribution in [2.24, 2.45) is 0 Å². The van der Waals surface area contributed by atoms with Crippen LogP contribution in [0.25, 0.3) is 5.69 Å². The summed E-state index contributed by atoms with van der Waals surface area (Å²) in [6.45, 7) is 0. The van der Waals surface area contributed by atoms with Crippen LogP contribution in [0.4, 0.5) is 0 Å². The van der Waals surface area contributed by atoms with E-state index in [1.54, 1.807) is 12.4 Å². The Hall–Kier alpha value is -2.52. The summed E-state index contributed by atoms with van der Waals surface area (Å²) in [5.41, 5.74) is 3.06. The van der Waals surface area contributed by atoms with E-state index in [1.807, 2.05) is 16.9 Å². The zero-order valence-electron chi connectivity index (χ0n) is 10.6. The quantitative estimate of drug-likeness (QED) is 0.759. The Morgan fingerprint density at radius 1 is 1.21 bits per heavy atom. The van der Waals surface area contributed by atoms with Gasteiger partial charge in [-0.1, -0.05) is 0 Å². The van der Waals surface area contributed by atoms with Crippen molar-refractivity contribution in [3.8, 4) is 30.4 Å². The van der Waals surface area contributed by atoms with Gasteiger partial charge in [-0.25, -0.2) is 4.68 Å². The first-order valence-corrected chi connectivity index (χ1v) is 6.12. The lowest BCUT2D eigenvalue weighted by Gasteiger charge is -2.12. The third kappa shape index (κ3) is 3.03. The maximum atomic E-state index is 5.34. The number of aryl methyl sites for hydroxylation is 2. The third-order valence-corrected chi connectivity index (χ3v) is 2.80. The SMILES string of the molecule is C#CCCc1[c]ncc(CCC#C)c1-n1cccn1. The molecule has 0 unspecified atom stereocenters. The Bertz CT molecular complexity index is 576. The number of nitrogens with zero attached hydrogens (tertiary/aromatic N) is 3. The van der Waals surface area contributed by atoms with Gasteiger partial charge in [0.1, 0.15) is 0 Å². The van der Waals surface area contributed by atoms with Crippen LogP contribution in [0.1, 0.15) is 24.0 Å². The van der Waals surface area contributed by atoms with Gasteiger partial charge in [0.15, 0.2) is 0 Å². The van der Waals surface area contributed by atoms with Crippen LogP contribution in [0.2, 0.25) is 0 Å². The molecule has 1 radical (unpaired) electrons. The van der Waals surface area contributed by atoms with E-state index >= 15 is 0 Å². The van der Waals surface area contributed by atoms with E-state index in [-0.39, 0.29) is 0 Å². The molecule has 2 heterocycles. The molecule has 2 rings (SSSR count). The highest BCUT2D eigenvalue weighted by Gasteiger charge is 2.11. The van der Waals surface area contributed by atoms with Crippen molar-refractivity contribution in [2.75, 3.05) is 0 Å². The van der Waals surface area contributed by atoms with Gasteiger partial charge >= 0.3 is 0 Å². The Kier molecular flexibility index (Phi) is 4.37. The molecular weight excluding hydrogens is 234 g/mol. The summed E-state index contributed by atoms with van der Waals surface area (Å²) in [7, 11) is 0.